The van der Waals surface area contributed by atoms with E-state index >= 15 is 0 Å². The van der Waals surface area contributed by atoms with Crippen LogP contribution in [-0.4, -0.2) is 86.5 Å². The van der Waals surface area contributed by atoms with Gasteiger partial charge < -0.3 is 20.9 Å². The van der Waals surface area contributed by atoms with Gasteiger partial charge in [-0.2, -0.15) is 5.48 Å². The SMILES string of the molecule is C=CCONC1(NC(=O)C2CC3CCCCC3N2C(=O)C(NC(=O)C(NC(=O)c2cnccn2)C2CCCCC2)C(C)(C)C)C(=O)C(=O)C1CC. The highest BCUT2D eigenvalue weighted by atomic mass is 16.6. The molecule has 4 aliphatic rings. The number of amides is 4. The van der Waals surface area contributed by atoms with Crippen LogP contribution < -0.4 is 21.4 Å². The molecule has 1 aromatic rings. The average molecular weight is 708 g/mol. The number of rotatable bonds is 13. The number of Topliss-reactive ketones (excluding diaryl/α,β-unsaturated/α-hetero) is 2. The van der Waals surface area contributed by atoms with Crippen LogP contribution in [0.25, 0.3) is 0 Å². The van der Waals surface area contributed by atoms with Crippen LogP contribution in [0.1, 0.15) is 109 Å². The molecule has 14 nitrogen and oxygen atoms in total. The fraction of sp³-hybridized carbons (Fsp3) is 0.676. The lowest BCUT2D eigenvalue weighted by molar-refractivity contribution is -0.172. The third-order valence-corrected chi connectivity index (χ3v) is 11.1. The van der Waals surface area contributed by atoms with Gasteiger partial charge in [-0.05, 0) is 55.8 Å². The van der Waals surface area contributed by atoms with E-state index in [1.54, 1.807) is 11.8 Å². The molecule has 0 spiro atoms. The summed E-state index contributed by atoms with van der Waals surface area (Å²) in [6.07, 6.45) is 14.1. The molecule has 278 valence electrons. The molecule has 7 unspecified atom stereocenters. The molecule has 0 bridgehead atoms. The zero-order valence-corrected chi connectivity index (χ0v) is 30.2. The second-order valence-corrected chi connectivity index (χ2v) is 15.5. The summed E-state index contributed by atoms with van der Waals surface area (Å²) in [4.78, 5) is 97.5. The molecule has 3 aliphatic carbocycles. The number of hydrogen-bond donors (Lipinski definition) is 4. The van der Waals surface area contributed by atoms with Crippen LogP contribution in [0.3, 0.4) is 0 Å². The molecule has 4 amide bonds. The van der Waals surface area contributed by atoms with Crippen molar-refractivity contribution in [1.82, 2.24) is 36.3 Å². The highest BCUT2D eigenvalue weighted by Crippen LogP contribution is 2.42. The lowest BCUT2D eigenvalue weighted by Crippen LogP contribution is -2.80. The summed E-state index contributed by atoms with van der Waals surface area (Å²) in [5, 5.41) is 8.72. The van der Waals surface area contributed by atoms with Crippen LogP contribution in [-0.2, 0) is 28.8 Å². The zero-order valence-electron chi connectivity index (χ0n) is 30.2. The lowest BCUT2D eigenvalue weighted by atomic mass is 9.69. The summed E-state index contributed by atoms with van der Waals surface area (Å²) in [6.45, 7) is 11.0. The Morgan fingerprint density at radius 1 is 1.04 bits per heavy atom. The number of ketones is 2. The van der Waals surface area contributed by atoms with Crippen LogP contribution in [0.4, 0.5) is 0 Å². The van der Waals surface area contributed by atoms with Crippen molar-refractivity contribution in [3.05, 3.63) is 36.9 Å². The van der Waals surface area contributed by atoms with Gasteiger partial charge in [0, 0.05) is 18.4 Å². The summed E-state index contributed by atoms with van der Waals surface area (Å²) < 4.78 is 0. The van der Waals surface area contributed by atoms with Crippen LogP contribution in [0.15, 0.2) is 31.2 Å². The Kier molecular flexibility index (Phi) is 12.1. The average Bonchev–Trinajstić information content (AvgIpc) is 3.52. The first-order valence-electron chi connectivity index (χ1n) is 18.4. The van der Waals surface area contributed by atoms with Gasteiger partial charge in [0.05, 0.1) is 18.7 Å². The Hall–Kier alpha value is -4.04. The first-order valence-corrected chi connectivity index (χ1v) is 18.4. The predicted molar refractivity (Wildman–Crippen MR) is 186 cm³/mol. The van der Waals surface area contributed by atoms with E-state index in [4.69, 9.17) is 4.84 Å². The van der Waals surface area contributed by atoms with Crippen molar-refractivity contribution < 1.29 is 33.6 Å². The number of fused-ring (bicyclic) bond motifs is 1. The minimum atomic E-state index is -1.76. The summed E-state index contributed by atoms with van der Waals surface area (Å²) >= 11 is 0. The maximum absolute atomic E-state index is 14.9. The first-order chi connectivity index (χ1) is 24.3. The third-order valence-electron chi connectivity index (χ3n) is 11.1. The smallest absolute Gasteiger partial charge is 0.272 e. The molecule has 1 aliphatic heterocycles. The van der Waals surface area contributed by atoms with Gasteiger partial charge in [0.2, 0.25) is 29.3 Å². The monoisotopic (exact) mass is 707 g/mol. The van der Waals surface area contributed by atoms with Crippen LogP contribution in [0.2, 0.25) is 0 Å². The Morgan fingerprint density at radius 3 is 2.39 bits per heavy atom. The highest BCUT2D eigenvalue weighted by Gasteiger charge is 2.64. The minimum Gasteiger partial charge on any atom is -0.342 e. The maximum atomic E-state index is 14.9. The second kappa shape index (κ2) is 16.1. The first kappa shape index (κ1) is 38.2. The summed E-state index contributed by atoms with van der Waals surface area (Å²) in [5.41, 5.74) is 0.186. The van der Waals surface area contributed by atoms with Gasteiger partial charge in [0.15, 0.2) is 5.66 Å². The normalized spacial score (nSPS) is 27.8. The van der Waals surface area contributed by atoms with Crippen molar-refractivity contribution in [1.29, 1.82) is 0 Å². The van der Waals surface area contributed by atoms with E-state index in [0.29, 0.717) is 12.8 Å². The molecule has 1 saturated heterocycles. The summed E-state index contributed by atoms with van der Waals surface area (Å²) in [5.74, 6) is -4.30. The molecule has 14 heteroatoms. The van der Waals surface area contributed by atoms with Crippen LogP contribution in [0, 0.1) is 23.2 Å². The second-order valence-electron chi connectivity index (χ2n) is 15.5. The number of carbonyl (C=O) groups excluding carboxylic acids is 6. The van der Waals surface area contributed by atoms with E-state index in [-0.39, 0.29) is 36.6 Å². The van der Waals surface area contributed by atoms with Crippen molar-refractivity contribution in [3.8, 4) is 0 Å². The molecule has 1 aromatic heterocycles. The Balaban J connectivity index is 1.42. The van der Waals surface area contributed by atoms with Gasteiger partial charge in [-0.3, -0.25) is 38.6 Å². The van der Waals surface area contributed by atoms with Crippen molar-refractivity contribution in [3.63, 3.8) is 0 Å². The molecule has 3 saturated carbocycles. The van der Waals surface area contributed by atoms with Gasteiger partial charge in [0.25, 0.3) is 5.91 Å². The van der Waals surface area contributed by atoms with Crippen molar-refractivity contribution in [2.75, 3.05) is 6.61 Å². The molecular formula is C37H53N7O7. The van der Waals surface area contributed by atoms with Gasteiger partial charge in [-0.15, -0.1) is 6.58 Å². The predicted octanol–water partition coefficient (Wildman–Crippen LogP) is 2.54. The van der Waals surface area contributed by atoms with E-state index in [0.717, 1.165) is 51.4 Å². The van der Waals surface area contributed by atoms with Crippen molar-refractivity contribution >= 4 is 35.2 Å². The van der Waals surface area contributed by atoms with Crippen LogP contribution >= 0.6 is 0 Å². The van der Waals surface area contributed by atoms with E-state index in [1.165, 1.54) is 24.7 Å². The fourth-order valence-electron chi connectivity index (χ4n) is 8.44. The Bertz CT molecular complexity index is 1490. The quantitative estimate of drug-likeness (QED) is 0.0780. The van der Waals surface area contributed by atoms with Gasteiger partial charge in [-0.1, -0.05) is 65.9 Å². The molecule has 51 heavy (non-hydrogen) atoms. The molecule has 0 radical (unpaired) electrons. The molecule has 0 aromatic carbocycles. The van der Waals surface area contributed by atoms with Crippen molar-refractivity contribution in [2.24, 2.45) is 23.2 Å². The summed E-state index contributed by atoms with van der Waals surface area (Å²) in [6, 6.07) is -3.14. The van der Waals surface area contributed by atoms with E-state index in [1.807, 2.05) is 20.8 Å². The number of nitrogens with zero attached hydrogens (tertiary/aromatic N) is 3. The molecule has 7 atom stereocenters. The van der Waals surface area contributed by atoms with E-state index in [9.17, 15) is 28.8 Å². The molecular weight excluding hydrogens is 654 g/mol. The summed E-state index contributed by atoms with van der Waals surface area (Å²) in [7, 11) is 0. The van der Waals surface area contributed by atoms with Crippen molar-refractivity contribution in [2.45, 2.75) is 128 Å². The van der Waals surface area contributed by atoms with Gasteiger partial charge in [0.1, 0.15) is 23.8 Å². The fourth-order valence-corrected chi connectivity index (χ4v) is 8.44. The number of likely N-dealkylation sites (tertiary alicyclic amines) is 1. The maximum Gasteiger partial charge on any atom is 0.272 e. The lowest BCUT2D eigenvalue weighted by Gasteiger charge is -2.46. The van der Waals surface area contributed by atoms with Crippen LogP contribution in [0.5, 0.6) is 0 Å². The number of aromatic nitrogens is 2. The molecule has 4 N–H and O–H groups in total. The van der Waals surface area contributed by atoms with E-state index in [2.05, 4.69) is 38.0 Å². The minimum absolute atomic E-state index is 0.0295. The number of hydrogen-bond acceptors (Lipinski definition) is 10. The third kappa shape index (κ3) is 7.91. The Morgan fingerprint density at radius 2 is 1.75 bits per heavy atom. The van der Waals surface area contributed by atoms with Gasteiger partial charge >= 0.3 is 0 Å². The zero-order chi connectivity index (χ0) is 36.9. The van der Waals surface area contributed by atoms with E-state index < -0.39 is 70.3 Å². The molecule has 4 fully saturated rings. The Labute approximate surface area is 299 Å². The topological polar surface area (TPSA) is 189 Å². The standard InChI is InChI=1S/C37H53N7O7/c1-6-19-51-43-37(24(7-2)29(45)31(37)46)42-33(48)27-20-23-15-11-12-16-26(23)44(27)35(50)30(36(3,4)5)41-34(49)28(22-13-9-8-10-14-22)40-32(47)25-21-38-17-18-39-25/h6,17-18,21-24,26-28,30,43H,1,7-16,19-20H2,2-5H3,(H,40,47)(H,41,49)(H,42,48). The largest absolute Gasteiger partial charge is 0.342 e. The molecule has 2 heterocycles. The van der Waals surface area contributed by atoms with Gasteiger partial charge in [-0.25, -0.2) is 4.98 Å². The number of carbonyl (C=O) groups is 6. The molecule has 5 rings (SSSR count). The highest BCUT2D eigenvalue weighted by molar-refractivity contribution is 6.49. The number of hydroxylamine groups is 1. The number of nitrogens with one attached hydrogen (secondary N) is 4.